The Balaban J connectivity index is 2.04. The van der Waals surface area contributed by atoms with Gasteiger partial charge in [-0.3, -0.25) is 9.59 Å². The Morgan fingerprint density at radius 2 is 1.86 bits per heavy atom. The fourth-order valence-corrected chi connectivity index (χ4v) is 3.92. The number of amides is 2. The van der Waals surface area contributed by atoms with Crippen molar-refractivity contribution in [2.75, 3.05) is 12.4 Å². The largest absolute Gasteiger partial charge is 0.344 e. The topological polar surface area (TPSA) is 83.1 Å². The molecule has 1 aromatic heterocycles. The normalized spacial score (nSPS) is 13.0. The summed E-state index contributed by atoms with van der Waals surface area (Å²) in [5, 5.41) is 9.01. The molecule has 9 heteroatoms. The molecule has 2 amide bonds. The predicted octanol–water partition coefficient (Wildman–Crippen LogP) is 3.48. The van der Waals surface area contributed by atoms with E-state index in [1.54, 1.807) is 0 Å². The highest BCUT2D eigenvalue weighted by atomic mass is 32.1. The van der Waals surface area contributed by atoms with Crippen LogP contribution < -0.4 is 16.0 Å². The van der Waals surface area contributed by atoms with E-state index in [1.165, 1.54) is 11.3 Å². The molecular formula is C20H26F2N4O2S. The number of nitrogens with one attached hydrogen (secondary N) is 3. The van der Waals surface area contributed by atoms with Crippen LogP contribution in [0.25, 0.3) is 0 Å². The van der Waals surface area contributed by atoms with Crippen molar-refractivity contribution < 1.29 is 18.4 Å². The highest BCUT2D eigenvalue weighted by Crippen LogP contribution is 2.28. The second-order valence-electron chi connectivity index (χ2n) is 6.83. The van der Waals surface area contributed by atoms with Gasteiger partial charge in [-0.1, -0.05) is 24.7 Å². The molecule has 0 fully saturated rings. The Kier molecular flexibility index (Phi) is 8.21. The van der Waals surface area contributed by atoms with E-state index in [-0.39, 0.29) is 23.9 Å². The molecule has 2 rings (SSSR count). The van der Waals surface area contributed by atoms with Gasteiger partial charge in [0.1, 0.15) is 17.7 Å². The maximum Gasteiger partial charge on any atom is 0.248 e. The molecule has 29 heavy (non-hydrogen) atoms. The van der Waals surface area contributed by atoms with Gasteiger partial charge >= 0.3 is 0 Å². The van der Waals surface area contributed by atoms with Crippen LogP contribution >= 0.6 is 11.3 Å². The van der Waals surface area contributed by atoms with E-state index >= 15 is 0 Å². The van der Waals surface area contributed by atoms with Gasteiger partial charge < -0.3 is 16.0 Å². The third-order valence-corrected chi connectivity index (χ3v) is 5.66. The summed E-state index contributed by atoms with van der Waals surface area (Å²) in [5.41, 5.74) is 1.04. The zero-order valence-corrected chi connectivity index (χ0v) is 17.8. The summed E-state index contributed by atoms with van der Waals surface area (Å²) >= 11 is 1.38. The molecule has 0 spiro atoms. The Morgan fingerprint density at radius 3 is 2.45 bits per heavy atom. The first-order chi connectivity index (χ1) is 13.7. The highest BCUT2D eigenvalue weighted by Gasteiger charge is 2.22. The van der Waals surface area contributed by atoms with E-state index in [0.29, 0.717) is 18.0 Å². The van der Waals surface area contributed by atoms with Gasteiger partial charge in [-0.05, 0) is 45.0 Å². The smallest absolute Gasteiger partial charge is 0.248 e. The fraction of sp³-hybridized carbons (Fsp3) is 0.450. The molecule has 1 heterocycles. The molecule has 0 saturated heterocycles. The molecule has 0 aliphatic heterocycles. The molecule has 2 aromatic rings. The van der Waals surface area contributed by atoms with Gasteiger partial charge in [-0.2, -0.15) is 0 Å². The third kappa shape index (κ3) is 6.57. The standard InChI is InChI=1S/C20H26F2N4O2S/c1-5-6-16(25-17(27)9-13-7-14(21)10-15(22)8-13)19(28)26-20-24-12(3)18(29-20)11(2)23-4/h7-8,10-11,16,23H,5-6,9H2,1-4H3,(H,25,27)(H,24,26,28)/t11?,16-/m0/s1. The Morgan fingerprint density at radius 1 is 1.21 bits per heavy atom. The molecule has 3 N–H and O–H groups in total. The molecule has 0 aliphatic rings. The van der Waals surface area contributed by atoms with E-state index in [0.717, 1.165) is 28.8 Å². The molecule has 2 atom stereocenters. The van der Waals surface area contributed by atoms with Crippen LogP contribution in [0, 0.1) is 18.6 Å². The Labute approximate surface area is 173 Å². The van der Waals surface area contributed by atoms with Crippen molar-refractivity contribution in [1.82, 2.24) is 15.6 Å². The summed E-state index contributed by atoms with van der Waals surface area (Å²) in [7, 11) is 1.85. The van der Waals surface area contributed by atoms with Crippen LogP contribution in [-0.2, 0) is 16.0 Å². The Bertz CT molecular complexity index is 852. The van der Waals surface area contributed by atoms with Crippen LogP contribution in [0.1, 0.15) is 48.9 Å². The third-order valence-electron chi connectivity index (χ3n) is 4.40. The van der Waals surface area contributed by atoms with Crippen LogP contribution in [0.15, 0.2) is 18.2 Å². The SMILES string of the molecule is CCC[C@H](NC(=O)Cc1cc(F)cc(F)c1)C(=O)Nc1nc(C)c(C(C)NC)s1. The van der Waals surface area contributed by atoms with Crippen LogP contribution in [0.4, 0.5) is 13.9 Å². The first-order valence-electron chi connectivity index (χ1n) is 9.43. The maximum atomic E-state index is 13.3. The van der Waals surface area contributed by atoms with Crippen molar-refractivity contribution in [2.45, 2.75) is 52.1 Å². The van der Waals surface area contributed by atoms with E-state index in [2.05, 4.69) is 20.9 Å². The van der Waals surface area contributed by atoms with Gasteiger partial charge in [0, 0.05) is 17.0 Å². The highest BCUT2D eigenvalue weighted by molar-refractivity contribution is 7.16. The summed E-state index contributed by atoms with van der Waals surface area (Å²) in [6, 6.07) is 2.28. The number of hydrogen-bond acceptors (Lipinski definition) is 5. The van der Waals surface area contributed by atoms with Crippen molar-refractivity contribution in [3.8, 4) is 0 Å². The Hall–Kier alpha value is -2.39. The number of halogens is 2. The van der Waals surface area contributed by atoms with Gasteiger partial charge in [0.15, 0.2) is 5.13 Å². The summed E-state index contributed by atoms with van der Waals surface area (Å²) < 4.78 is 26.6. The first-order valence-corrected chi connectivity index (χ1v) is 10.2. The number of thiazole rings is 1. The van der Waals surface area contributed by atoms with Gasteiger partial charge in [0.25, 0.3) is 0 Å². The van der Waals surface area contributed by atoms with Gasteiger partial charge in [-0.15, -0.1) is 0 Å². The lowest BCUT2D eigenvalue weighted by Gasteiger charge is -2.17. The van der Waals surface area contributed by atoms with Crippen LogP contribution in [-0.4, -0.2) is 29.9 Å². The summed E-state index contributed by atoms with van der Waals surface area (Å²) in [4.78, 5) is 30.4. The van der Waals surface area contributed by atoms with Crippen molar-refractivity contribution in [1.29, 1.82) is 0 Å². The zero-order valence-electron chi connectivity index (χ0n) is 16.9. The second kappa shape index (κ2) is 10.4. The number of nitrogens with zero attached hydrogens (tertiary/aromatic N) is 1. The van der Waals surface area contributed by atoms with Crippen LogP contribution in [0.2, 0.25) is 0 Å². The quantitative estimate of drug-likeness (QED) is 0.576. The van der Waals surface area contributed by atoms with Gasteiger partial charge in [0.05, 0.1) is 12.1 Å². The number of anilines is 1. The lowest BCUT2D eigenvalue weighted by molar-refractivity contribution is -0.126. The monoisotopic (exact) mass is 424 g/mol. The van der Waals surface area contributed by atoms with Crippen LogP contribution in [0.5, 0.6) is 0 Å². The van der Waals surface area contributed by atoms with Gasteiger partial charge in [0.2, 0.25) is 11.8 Å². The lowest BCUT2D eigenvalue weighted by Crippen LogP contribution is -2.44. The molecule has 6 nitrogen and oxygen atoms in total. The number of carbonyl (C=O) groups is 2. The van der Waals surface area contributed by atoms with Crippen molar-refractivity contribution in [2.24, 2.45) is 0 Å². The average molecular weight is 425 g/mol. The summed E-state index contributed by atoms with van der Waals surface area (Å²) in [6.07, 6.45) is 0.882. The predicted molar refractivity (Wildman–Crippen MR) is 110 cm³/mol. The van der Waals surface area contributed by atoms with Crippen molar-refractivity contribution >= 4 is 28.3 Å². The summed E-state index contributed by atoms with van der Waals surface area (Å²) in [6.45, 7) is 5.77. The molecule has 158 valence electrons. The minimum absolute atomic E-state index is 0.107. The number of benzene rings is 1. The average Bonchev–Trinajstić information content (AvgIpc) is 2.99. The van der Waals surface area contributed by atoms with E-state index in [9.17, 15) is 18.4 Å². The molecule has 0 saturated carbocycles. The van der Waals surface area contributed by atoms with E-state index in [4.69, 9.17) is 0 Å². The van der Waals surface area contributed by atoms with Gasteiger partial charge in [-0.25, -0.2) is 13.8 Å². The van der Waals surface area contributed by atoms with E-state index < -0.39 is 23.6 Å². The molecule has 0 bridgehead atoms. The molecule has 0 radical (unpaired) electrons. The number of hydrogen-bond donors (Lipinski definition) is 3. The van der Waals surface area contributed by atoms with Crippen molar-refractivity contribution in [3.05, 3.63) is 46.0 Å². The maximum absolute atomic E-state index is 13.3. The fourth-order valence-electron chi connectivity index (χ4n) is 2.89. The molecule has 0 aliphatic carbocycles. The molecule has 1 aromatic carbocycles. The minimum Gasteiger partial charge on any atom is -0.344 e. The second-order valence-corrected chi connectivity index (χ2v) is 7.86. The first kappa shape index (κ1) is 22.9. The lowest BCUT2D eigenvalue weighted by atomic mass is 10.1. The summed E-state index contributed by atoms with van der Waals surface area (Å²) in [5.74, 6) is -2.35. The number of aromatic nitrogens is 1. The molecule has 1 unspecified atom stereocenters. The van der Waals surface area contributed by atoms with Crippen molar-refractivity contribution in [3.63, 3.8) is 0 Å². The number of rotatable bonds is 9. The van der Waals surface area contributed by atoms with Crippen LogP contribution in [0.3, 0.4) is 0 Å². The minimum atomic E-state index is -0.764. The zero-order chi connectivity index (χ0) is 21.6. The number of aryl methyl sites for hydroxylation is 1. The molecular weight excluding hydrogens is 398 g/mol. The van der Waals surface area contributed by atoms with E-state index in [1.807, 2.05) is 27.8 Å². The number of carbonyl (C=O) groups excluding carboxylic acids is 2.